The van der Waals surface area contributed by atoms with Crippen molar-refractivity contribution in [2.45, 2.75) is 9.79 Å². The number of benzene rings is 4. The third-order valence-corrected chi connectivity index (χ3v) is 8.49. The van der Waals surface area contributed by atoms with Gasteiger partial charge in [-0.15, -0.1) is 0 Å². The second-order valence-electron chi connectivity index (χ2n) is 7.64. The van der Waals surface area contributed by atoms with Crippen LogP contribution in [0.1, 0.15) is 0 Å². The van der Waals surface area contributed by atoms with Crippen LogP contribution in [0.2, 0.25) is 10.0 Å². The zero-order valence-corrected chi connectivity index (χ0v) is 20.8. The molecule has 0 fully saturated rings. The van der Waals surface area contributed by atoms with Crippen molar-refractivity contribution in [3.8, 4) is 0 Å². The molecule has 2 N–H and O–H groups in total. The van der Waals surface area contributed by atoms with Crippen LogP contribution >= 0.6 is 23.2 Å². The quantitative estimate of drug-likeness (QED) is 0.253. The van der Waals surface area contributed by atoms with Crippen LogP contribution in [-0.2, 0) is 20.0 Å². The Bertz CT molecular complexity index is 1650. The lowest BCUT2D eigenvalue weighted by molar-refractivity contribution is 0.599. The highest BCUT2D eigenvalue weighted by atomic mass is 35.5. The Morgan fingerprint density at radius 1 is 0.543 bits per heavy atom. The average Bonchev–Trinajstić information content (AvgIpc) is 3.19. The highest BCUT2D eigenvalue weighted by molar-refractivity contribution is 7.93. The lowest BCUT2D eigenvalue weighted by Gasteiger charge is -2.09. The van der Waals surface area contributed by atoms with Crippen molar-refractivity contribution in [2.75, 3.05) is 9.44 Å². The van der Waals surface area contributed by atoms with Crippen molar-refractivity contribution in [3.05, 3.63) is 95.0 Å². The number of rotatable bonds is 6. The van der Waals surface area contributed by atoms with E-state index in [-0.39, 0.29) is 9.79 Å². The van der Waals surface area contributed by atoms with E-state index in [1.165, 1.54) is 36.4 Å². The maximum Gasteiger partial charge on any atom is 0.261 e. The molecular weight excluding hydrogens is 531 g/mol. The maximum atomic E-state index is 13.0. The molecule has 0 unspecified atom stereocenters. The summed E-state index contributed by atoms with van der Waals surface area (Å²) in [7, 11) is -7.85. The Balaban J connectivity index is 1.53. The third kappa shape index (κ3) is 4.81. The summed E-state index contributed by atoms with van der Waals surface area (Å²) < 4.78 is 62.6. The summed E-state index contributed by atoms with van der Waals surface area (Å²) in [6.45, 7) is 0. The summed E-state index contributed by atoms with van der Waals surface area (Å²) >= 11 is 11.7. The lowest BCUT2D eigenvalue weighted by atomic mass is 10.1. The predicted molar refractivity (Wildman–Crippen MR) is 138 cm³/mol. The Hall–Kier alpha value is -3.24. The van der Waals surface area contributed by atoms with E-state index in [2.05, 4.69) is 9.44 Å². The molecular formula is C24H16Cl2N2O5S2. The molecule has 4 aromatic carbocycles. The number of hydrogen-bond donors (Lipinski definition) is 2. The van der Waals surface area contributed by atoms with E-state index in [1.54, 1.807) is 48.5 Å². The van der Waals surface area contributed by atoms with Crippen molar-refractivity contribution in [2.24, 2.45) is 0 Å². The molecule has 1 aromatic heterocycles. The first-order valence-electron chi connectivity index (χ1n) is 10.1. The highest BCUT2D eigenvalue weighted by Gasteiger charge is 2.20. The smallest absolute Gasteiger partial charge is 0.261 e. The van der Waals surface area contributed by atoms with Crippen LogP contribution in [0.4, 0.5) is 11.4 Å². The molecule has 0 atom stereocenters. The van der Waals surface area contributed by atoms with Crippen LogP contribution in [0.25, 0.3) is 21.9 Å². The summed E-state index contributed by atoms with van der Waals surface area (Å²) in [5.41, 5.74) is 1.55. The zero-order chi connectivity index (χ0) is 24.8. The minimum Gasteiger partial charge on any atom is -0.456 e. The van der Waals surface area contributed by atoms with Gasteiger partial charge >= 0.3 is 0 Å². The molecule has 35 heavy (non-hydrogen) atoms. The molecule has 178 valence electrons. The van der Waals surface area contributed by atoms with Gasteiger partial charge in [0.2, 0.25) is 0 Å². The van der Waals surface area contributed by atoms with Gasteiger partial charge in [0.1, 0.15) is 11.2 Å². The van der Waals surface area contributed by atoms with Gasteiger partial charge < -0.3 is 4.42 Å². The average molecular weight is 547 g/mol. The van der Waals surface area contributed by atoms with E-state index in [4.69, 9.17) is 27.6 Å². The van der Waals surface area contributed by atoms with Crippen molar-refractivity contribution in [1.29, 1.82) is 0 Å². The molecule has 0 bridgehead atoms. The molecule has 0 radical (unpaired) electrons. The van der Waals surface area contributed by atoms with E-state index in [0.717, 1.165) is 0 Å². The van der Waals surface area contributed by atoms with E-state index in [9.17, 15) is 16.8 Å². The van der Waals surface area contributed by atoms with Gasteiger partial charge in [0, 0.05) is 32.2 Å². The number of fused-ring (bicyclic) bond motifs is 3. The van der Waals surface area contributed by atoms with Crippen LogP contribution in [0.3, 0.4) is 0 Å². The number of sulfonamides is 2. The van der Waals surface area contributed by atoms with E-state index < -0.39 is 20.0 Å². The van der Waals surface area contributed by atoms with Gasteiger partial charge in [-0.1, -0.05) is 23.2 Å². The standard InChI is InChI=1S/C24H16Cl2N2O5S2/c25-15-1-5-17(6-2-15)27-34(29,30)19-9-11-23-21(13-19)22-14-20(10-12-24(22)33-23)35(31,32)28-18-7-3-16(26)4-8-18/h1-14,27-28H. The highest BCUT2D eigenvalue weighted by Crippen LogP contribution is 2.33. The van der Waals surface area contributed by atoms with E-state index in [0.29, 0.717) is 43.4 Å². The largest absolute Gasteiger partial charge is 0.456 e. The summed E-state index contributed by atoms with van der Waals surface area (Å²) in [6.07, 6.45) is 0. The zero-order valence-electron chi connectivity index (χ0n) is 17.7. The Morgan fingerprint density at radius 2 is 0.914 bits per heavy atom. The molecule has 1 heterocycles. The molecule has 0 saturated carbocycles. The van der Waals surface area contributed by atoms with Crippen LogP contribution in [0.5, 0.6) is 0 Å². The first-order chi connectivity index (χ1) is 16.6. The van der Waals surface area contributed by atoms with Crippen molar-refractivity contribution in [3.63, 3.8) is 0 Å². The summed E-state index contributed by atoms with van der Waals surface area (Å²) in [5.74, 6) is 0. The fraction of sp³-hybridized carbons (Fsp3) is 0. The van der Waals surface area contributed by atoms with Gasteiger partial charge in [-0.25, -0.2) is 16.8 Å². The monoisotopic (exact) mass is 546 g/mol. The van der Waals surface area contributed by atoms with Crippen molar-refractivity contribution < 1.29 is 21.3 Å². The van der Waals surface area contributed by atoms with Gasteiger partial charge in [0.25, 0.3) is 20.0 Å². The molecule has 7 nitrogen and oxygen atoms in total. The Morgan fingerprint density at radius 3 is 1.29 bits per heavy atom. The van der Waals surface area contributed by atoms with Crippen LogP contribution in [-0.4, -0.2) is 16.8 Å². The molecule has 0 amide bonds. The minimum absolute atomic E-state index is 0.00444. The van der Waals surface area contributed by atoms with Gasteiger partial charge in [0.05, 0.1) is 9.79 Å². The molecule has 5 rings (SSSR count). The molecule has 0 saturated heterocycles. The second-order valence-corrected chi connectivity index (χ2v) is 11.9. The number of furan rings is 1. The van der Waals surface area contributed by atoms with Gasteiger partial charge in [-0.3, -0.25) is 9.44 Å². The second kappa shape index (κ2) is 8.76. The molecule has 0 aliphatic heterocycles. The number of anilines is 2. The van der Waals surface area contributed by atoms with Crippen LogP contribution < -0.4 is 9.44 Å². The van der Waals surface area contributed by atoms with E-state index >= 15 is 0 Å². The summed E-state index contributed by atoms with van der Waals surface area (Å²) in [6, 6.07) is 21.3. The fourth-order valence-electron chi connectivity index (χ4n) is 3.53. The number of hydrogen-bond acceptors (Lipinski definition) is 5. The van der Waals surface area contributed by atoms with Crippen LogP contribution in [0, 0.1) is 0 Å². The van der Waals surface area contributed by atoms with Crippen molar-refractivity contribution >= 4 is 76.6 Å². The van der Waals surface area contributed by atoms with Gasteiger partial charge in [0.15, 0.2) is 0 Å². The van der Waals surface area contributed by atoms with Crippen molar-refractivity contribution in [1.82, 2.24) is 0 Å². The third-order valence-electron chi connectivity index (χ3n) is 5.23. The molecule has 0 aliphatic rings. The molecule has 0 aliphatic carbocycles. The van der Waals surface area contributed by atoms with Crippen LogP contribution in [0.15, 0.2) is 99.1 Å². The van der Waals surface area contributed by atoms with Gasteiger partial charge in [-0.2, -0.15) is 0 Å². The first kappa shape index (κ1) is 23.5. The number of nitrogens with one attached hydrogen (secondary N) is 2. The summed E-state index contributed by atoms with van der Waals surface area (Å²) in [4.78, 5) is -0.00889. The topological polar surface area (TPSA) is 105 Å². The maximum absolute atomic E-state index is 13.0. The SMILES string of the molecule is O=S(=O)(Nc1ccc(Cl)cc1)c1ccc2oc3ccc(S(=O)(=O)Nc4ccc(Cl)cc4)cc3c2c1. The summed E-state index contributed by atoms with van der Waals surface area (Å²) in [5, 5.41) is 1.89. The number of halogens is 2. The Kier molecular flexibility index (Phi) is 5.88. The van der Waals surface area contributed by atoms with Gasteiger partial charge in [-0.05, 0) is 84.9 Å². The normalized spacial score (nSPS) is 12.2. The lowest BCUT2D eigenvalue weighted by Crippen LogP contribution is -2.13. The molecule has 5 aromatic rings. The predicted octanol–water partition coefficient (Wildman–Crippen LogP) is 6.49. The Labute approximate surface area is 211 Å². The minimum atomic E-state index is -3.92. The fourth-order valence-corrected chi connectivity index (χ4v) is 5.95. The first-order valence-corrected chi connectivity index (χ1v) is 13.9. The van der Waals surface area contributed by atoms with E-state index in [1.807, 2.05) is 0 Å². The molecule has 11 heteroatoms. The molecule has 0 spiro atoms.